The van der Waals surface area contributed by atoms with Crippen molar-refractivity contribution in [3.63, 3.8) is 0 Å². The summed E-state index contributed by atoms with van der Waals surface area (Å²) < 4.78 is 1.44. The monoisotopic (exact) mass is 371 g/mol. The number of hydrogen-bond acceptors (Lipinski definition) is 9. The van der Waals surface area contributed by atoms with Crippen LogP contribution < -0.4 is 10.7 Å². The van der Waals surface area contributed by atoms with Gasteiger partial charge in [0, 0.05) is 12.7 Å². The molecule has 0 saturated carbocycles. The molecule has 0 radical (unpaired) electrons. The average Bonchev–Trinajstić information content (AvgIpc) is 2.85. The van der Waals surface area contributed by atoms with Gasteiger partial charge in [-0.3, -0.25) is 25.2 Å². The maximum Gasteiger partial charge on any atom is 0.345 e. The molecule has 0 fully saturated rings. The summed E-state index contributed by atoms with van der Waals surface area (Å²) in [4.78, 5) is 22.1. The van der Waals surface area contributed by atoms with Crippen molar-refractivity contribution < 1.29 is 20.0 Å². The van der Waals surface area contributed by atoms with Crippen LogP contribution in [-0.2, 0) is 4.79 Å². The van der Waals surface area contributed by atoms with Gasteiger partial charge in [0.15, 0.2) is 10.3 Å². The standard InChI is InChI=1S/C11H13N7O4S2/c1-16(21)9(20)12-6-2-7(15-17(22)5-19)4-8(3-6)18-10(23)13-14-11(18)24/h2-5,15,21-22H,1H3,(H,12,20)(H,13,23)(H,14,24). The zero-order valence-electron chi connectivity index (χ0n) is 12.2. The normalized spacial score (nSPS) is 10.2. The molecule has 11 nitrogen and oxygen atoms in total. The van der Waals surface area contributed by atoms with E-state index in [2.05, 4.69) is 46.2 Å². The number of nitrogens with zero attached hydrogens (tertiary/aromatic N) is 5. The molecule has 0 bridgehead atoms. The highest BCUT2D eigenvalue weighted by Gasteiger charge is 2.13. The maximum absolute atomic E-state index is 11.6. The highest BCUT2D eigenvalue weighted by Crippen LogP contribution is 2.26. The molecule has 2 aromatic rings. The zero-order valence-corrected chi connectivity index (χ0v) is 13.9. The van der Waals surface area contributed by atoms with Gasteiger partial charge in [0.2, 0.25) is 0 Å². The number of benzene rings is 1. The maximum atomic E-state index is 11.6. The predicted molar refractivity (Wildman–Crippen MR) is 87.7 cm³/mol. The molecule has 13 heteroatoms. The van der Waals surface area contributed by atoms with Crippen molar-refractivity contribution in [1.29, 1.82) is 0 Å². The number of hydrazine groups is 1. The molecule has 1 aromatic heterocycles. The van der Waals surface area contributed by atoms with Crippen LogP contribution in [0.4, 0.5) is 16.2 Å². The third-order valence-corrected chi connectivity index (χ3v) is 3.27. The van der Waals surface area contributed by atoms with E-state index >= 15 is 0 Å². The lowest BCUT2D eigenvalue weighted by Crippen LogP contribution is -2.28. The molecule has 0 atom stereocenters. The zero-order chi connectivity index (χ0) is 17.9. The molecule has 1 aromatic carbocycles. The van der Waals surface area contributed by atoms with Crippen LogP contribution >= 0.6 is 25.3 Å². The average molecular weight is 371 g/mol. The summed E-state index contributed by atoms with van der Waals surface area (Å²) in [6.07, 6.45) is 0.138. The minimum Gasteiger partial charge on any atom is -0.306 e. The Kier molecular flexibility index (Phi) is 5.50. The SMILES string of the molecule is CN(O)C(=O)Nc1cc(NN(O)C=O)cc(-n2c(S)nnc2S)c1. The van der Waals surface area contributed by atoms with Crippen LogP contribution in [0.25, 0.3) is 5.69 Å². The van der Waals surface area contributed by atoms with Crippen LogP contribution in [0.5, 0.6) is 0 Å². The largest absolute Gasteiger partial charge is 0.345 e. The Morgan fingerprint density at radius 2 is 1.79 bits per heavy atom. The van der Waals surface area contributed by atoms with Gasteiger partial charge in [0.05, 0.1) is 11.4 Å². The van der Waals surface area contributed by atoms with Crippen molar-refractivity contribution in [1.82, 2.24) is 25.0 Å². The highest BCUT2D eigenvalue weighted by atomic mass is 32.1. The molecular weight excluding hydrogens is 358 g/mol. The van der Waals surface area contributed by atoms with E-state index in [1.54, 1.807) is 0 Å². The molecule has 0 aliphatic rings. The van der Waals surface area contributed by atoms with Gasteiger partial charge in [0.25, 0.3) is 6.41 Å². The Balaban J connectivity index is 2.47. The first-order valence-corrected chi connectivity index (χ1v) is 7.13. The summed E-state index contributed by atoms with van der Waals surface area (Å²) in [6, 6.07) is 3.67. The van der Waals surface area contributed by atoms with E-state index in [1.807, 2.05) is 0 Å². The number of hydrogen-bond donors (Lipinski definition) is 6. The molecule has 24 heavy (non-hydrogen) atoms. The summed E-state index contributed by atoms with van der Waals surface area (Å²) in [7, 11) is 1.15. The predicted octanol–water partition coefficient (Wildman–Crippen LogP) is 0.872. The molecule has 4 N–H and O–H groups in total. The van der Waals surface area contributed by atoms with Gasteiger partial charge in [-0.05, 0) is 18.2 Å². The number of rotatable bonds is 5. The second kappa shape index (κ2) is 7.39. The van der Waals surface area contributed by atoms with Gasteiger partial charge in [-0.1, -0.05) is 0 Å². The van der Waals surface area contributed by atoms with Gasteiger partial charge < -0.3 is 5.32 Å². The van der Waals surface area contributed by atoms with Crippen LogP contribution in [0, 0.1) is 0 Å². The van der Waals surface area contributed by atoms with Crippen LogP contribution in [0.3, 0.4) is 0 Å². The van der Waals surface area contributed by atoms with Gasteiger partial charge in [-0.2, -0.15) is 0 Å². The van der Waals surface area contributed by atoms with Gasteiger partial charge >= 0.3 is 6.03 Å². The number of carbonyl (C=O) groups is 2. The molecular formula is C11H13N7O4S2. The molecule has 0 aliphatic heterocycles. The van der Waals surface area contributed by atoms with E-state index in [0.29, 0.717) is 10.8 Å². The molecule has 0 saturated heterocycles. The van der Waals surface area contributed by atoms with Crippen molar-refractivity contribution in [2.75, 3.05) is 17.8 Å². The van der Waals surface area contributed by atoms with Gasteiger partial charge in [-0.15, -0.1) is 40.6 Å². The Bertz CT molecular complexity index is 747. The number of aromatic nitrogens is 3. The minimum atomic E-state index is -0.796. The van der Waals surface area contributed by atoms with Crippen LogP contribution in [0.2, 0.25) is 0 Å². The van der Waals surface area contributed by atoms with Crippen LogP contribution in [0.1, 0.15) is 0 Å². The summed E-state index contributed by atoms with van der Waals surface area (Å²) in [5.74, 6) is 0. The van der Waals surface area contributed by atoms with Gasteiger partial charge in [-0.25, -0.2) is 9.86 Å². The minimum absolute atomic E-state index is 0.138. The number of thiol groups is 2. The van der Waals surface area contributed by atoms with E-state index in [9.17, 15) is 14.8 Å². The lowest BCUT2D eigenvalue weighted by atomic mass is 10.2. The first kappa shape index (κ1) is 17.9. The molecule has 128 valence electrons. The van der Waals surface area contributed by atoms with E-state index in [4.69, 9.17) is 5.21 Å². The third kappa shape index (κ3) is 4.08. The number of urea groups is 1. The number of amides is 3. The van der Waals surface area contributed by atoms with Crippen LogP contribution in [0.15, 0.2) is 28.5 Å². The molecule has 2 rings (SSSR count). The van der Waals surface area contributed by atoms with Crippen LogP contribution in [-0.4, -0.2) is 54.9 Å². The highest BCUT2D eigenvalue weighted by molar-refractivity contribution is 7.80. The lowest BCUT2D eigenvalue weighted by Gasteiger charge is -2.17. The Morgan fingerprint density at radius 1 is 1.21 bits per heavy atom. The van der Waals surface area contributed by atoms with Crippen molar-refractivity contribution in [3.8, 4) is 5.69 Å². The van der Waals surface area contributed by atoms with Crippen molar-refractivity contribution in [3.05, 3.63) is 18.2 Å². The van der Waals surface area contributed by atoms with E-state index in [1.165, 1.54) is 22.8 Å². The molecule has 0 spiro atoms. The fourth-order valence-corrected chi connectivity index (χ4v) is 2.33. The fourth-order valence-electron chi connectivity index (χ4n) is 1.74. The summed E-state index contributed by atoms with van der Waals surface area (Å²) in [6.45, 7) is 0. The molecule has 0 unspecified atom stereocenters. The summed E-state index contributed by atoms with van der Waals surface area (Å²) in [5.41, 5.74) is 3.28. The first-order chi connectivity index (χ1) is 11.3. The number of nitrogens with one attached hydrogen (secondary N) is 2. The third-order valence-electron chi connectivity index (χ3n) is 2.69. The summed E-state index contributed by atoms with van der Waals surface area (Å²) >= 11 is 8.32. The fraction of sp³-hybridized carbons (Fsp3) is 0.0909. The molecule has 1 heterocycles. The number of anilines is 2. The Morgan fingerprint density at radius 3 is 2.33 bits per heavy atom. The topological polar surface area (TPSA) is 136 Å². The van der Waals surface area contributed by atoms with Crippen molar-refractivity contribution in [2.24, 2.45) is 0 Å². The Labute approximate surface area is 146 Å². The number of carbonyl (C=O) groups excluding carboxylic acids is 2. The van der Waals surface area contributed by atoms with E-state index in [-0.39, 0.29) is 33.3 Å². The number of hydroxylamine groups is 3. The van der Waals surface area contributed by atoms with E-state index in [0.717, 1.165) is 7.05 Å². The molecule has 0 aliphatic carbocycles. The van der Waals surface area contributed by atoms with Crippen molar-refractivity contribution in [2.45, 2.75) is 10.3 Å². The van der Waals surface area contributed by atoms with E-state index < -0.39 is 6.03 Å². The quantitative estimate of drug-likeness (QED) is 0.199. The second-order valence-corrected chi connectivity index (χ2v) is 5.22. The lowest BCUT2D eigenvalue weighted by molar-refractivity contribution is -0.143. The smallest absolute Gasteiger partial charge is 0.306 e. The summed E-state index contributed by atoms with van der Waals surface area (Å²) in [5, 5.41) is 29.3. The second-order valence-electron chi connectivity index (χ2n) is 4.42. The Hall–Kier alpha value is -2.48. The van der Waals surface area contributed by atoms with Crippen molar-refractivity contribution >= 4 is 49.1 Å². The van der Waals surface area contributed by atoms with Gasteiger partial charge in [0.1, 0.15) is 0 Å². The molecule has 3 amide bonds. The first-order valence-electron chi connectivity index (χ1n) is 6.24.